The van der Waals surface area contributed by atoms with E-state index in [2.05, 4.69) is 36.2 Å². The lowest BCUT2D eigenvalue weighted by molar-refractivity contribution is 0.154. The maximum atomic E-state index is 9.97. The number of aromatic nitrogens is 4. The van der Waals surface area contributed by atoms with Gasteiger partial charge in [-0.05, 0) is 40.4 Å². The van der Waals surface area contributed by atoms with Crippen molar-refractivity contribution in [2.45, 2.75) is 25.5 Å². The summed E-state index contributed by atoms with van der Waals surface area (Å²) in [5, 5.41) is 17.8. The molecule has 7 nitrogen and oxygen atoms in total. The Morgan fingerprint density at radius 1 is 1.36 bits per heavy atom. The number of rotatable bonds is 4. The number of nitrogens with zero attached hydrogens (tertiary/aromatic N) is 5. The van der Waals surface area contributed by atoms with Crippen LogP contribution in [-0.4, -0.2) is 43.9 Å². The highest BCUT2D eigenvalue weighted by Crippen LogP contribution is 2.26. The number of β-amino-alcohol motifs (C(OH)–C–C–N with tert-alkyl or cyclic N) is 1. The zero-order valence-electron chi connectivity index (χ0n) is 13.6. The number of hydrogen-bond acceptors (Lipinski definition) is 6. The third kappa shape index (κ3) is 3.45. The van der Waals surface area contributed by atoms with Gasteiger partial charge in [0.2, 0.25) is 0 Å². The minimum absolute atomic E-state index is 0.299. The first kappa shape index (κ1) is 16.3. The van der Waals surface area contributed by atoms with Crippen molar-refractivity contribution in [3.8, 4) is 0 Å². The van der Waals surface area contributed by atoms with Crippen molar-refractivity contribution < 1.29 is 5.11 Å². The van der Waals surface area contributed by atoms with Crippen LogP contribution < -0.4 is 10.2 Å². The minimum Gasteiger partial charge on any atom is -0.391 e. The minimum atomic E-state index is -0.299. The van der Waals surface area contributed by atoms with Crippen LogP contribution in [0.3, 0.4) is 0 Å². The summed E-state index contributed by atoms with van der Waals surface area (Å²) in [5.41, 5.74) is 1.85. The fourth-order valence-corrected chi connectivity index (χ4v) is 3.42. The van der Waals surface area contributed by atoms with Gasteiger partial charge in [-0.2, -0.15) is 9.61 Å². The van der Waals surface area contributed by atoms with Crippen molar-refractivity contribution in [3.63, 3.8) is 0 Å². The van der Waals surface area contributed by atoms with Gasteiger partial charge in [0, 0.05) is 38.1 Å². The van der Waals surface area contributed by atoms with Gasteiger partial charge in [0.05, 0.1) is 16.8 Å². The second-order valence-electron chi connectivity index (χ2n) is 6.18. The first-order valence-electron chi connectivity index (χ1n) is 8.31. The Labute approximate surface area is 153 Å². The van der Waals surface area contributed by atoms with E-state index in [0.29, 0.717) is 13.1 Å². The van der Waals surface area contributed by atoms with E-state index in [4.69, 9.17) is 4.98 Å². The molecule has 4 rings (SSSR count). The molecule has 0 bridgehead atoms. The van der Waals surface area contributed by atoms with Crippen LogP contribution in [0.5, 0.6) is 0 Å². The summed E-state index contributed by atoms with van der Waals surface area (Å²) in [6, 6.07) is 5.93. The summed E-state index contributed by atoms with van der Waals surface area (Å²) < 4.78 is 2.63. The molecule has 1 unspecified atom stereocenters. The number of pyridine rings is 1. The lowest BCUT2D eigenvalue weighted by atomic mass is 10.1. The number of fused-ring (bicyclic) bond motifs is 1. The van der Waals surface area contributed by atoms with Gasteiger partial charge in [0.15, 0.2) is 5.65 Å². The fraction of sp³-hybridized carbons (Fsp3) is 0.353. The zero-order valence-corrected chi connectivity index (χ0v) is 15.2. The largest absolute Gasteiger partial charge is 0.391 e. The molecule has 3 aromatic rings. The van der Waals surface area contributed by atoms with E-state index in [0.717, 1.165) is 46.7 Å². The highest BCUT2D eigenvalue weighted by atomic mass is 79.9. The molecule has 1 aliphatic rings. The number of anilines is 2. The highest BCUT2D eigenvalue weighted by molar-refractivity contribution is 9.10. The molecule has 25 heavy (non-hydrogen) atoms. The second kappa shape index (κ2) is 6.97. The van der Waals surface area contributed by atoms with Crippen molar-refractivity contribution in [1.29, 1.82) is 0 Å². The van der Waals surface area contributed by atoms with Gasteiger partial charge in [-0.15, -0.1) is 0 Å². The monoisotopic (exact) mass is 402 g/mol. The summed E-state index contributed by atoms with van der Waals surface area (Å²) in [7, 11) is 0. The SMILES string of the molecule is OC1CCCN(c2cc(NCc3cccnc3)n3ncc(Br)c3n2)C1. The van der Waals surface area contributed by atoms with E-state index in [1.54, 1.807) is 16.9 Å². The average Bonchev–Trinajstić information content (AvgIpc) is 3.02. The Bertz CT molecular complexity index is 868. The first-order chi connectivity index (χ1) is 12.2. The molecule has 0 saturated carbocycles. The third-order valence-corrected chi connectivity index (χ3v) is 4.89. The molecular weight excluding hydrogens is 384 g/mol. The van der Waals surface area contributed by atoms with Gasteiger partial charge in [-0.1, -0.05) is 6.07 Å². The molecule has 3 aromatic heterocycles. The van der Waals surface area contributed by atoms with Crippen LogP contribution in [0.2, 0.25) is 0 Å². The second-order valence-corrected chi connectivity index (χ2v) is 7.04. The molecule has 8 heteroatoms. The van der Waals surface area contributed by atoms with Crippen molar-refractivity contribution in [3.05, 3.63) is 46.8 Å². The smallest absolute Gasteiger partial charge is 0.173 e. The number of hydrogen-bond donors (Lipinski definition) is 2. The Morgan fingerprint density at radius 3 is 3.08 bits per heavy atom. The quantitative estimate of drug-likeness (QED) is 0.697. The molecule has 0 radical (unpaired) electrons. The van der Waals surface area contributed by atoms with Crippen molar-refractivity contribution in [2.24, 2.45) is 0 Å². The molecule has 130 valence electrons. The molecule has 4 heterocycles. The number of aliphatic hydroxyl groups excluding tert-OH is 1. The molecule has 1 fully saturated rings. The maximum absolute atomic E-state index is 9.97. The van der Waals surface area contributed by atoms with E-state index in [9.17, 15) is 5.11 Å². The lowest BCUT2D eigenvalue weighted by Crippen LogP contribution is -2.38. The molecule has 0 amide bonds. The van der Waals surface area contributed by atoms with E-state index >= 15 is 0 Å². The topological polar surface area (TPSA) is 78.6 Å². The van der Waals surface area contributed by atoms with E-state index in [-0.39, 0.29) is 6.10 Å². The summed E-state index contributed by atoms with van der Waals surface area (Å²) in [4.78, 5) is 11.0. The van der Waals surface area contributed by atoms with Crippen molar-refractivity contribution in [2.75, 3.05) is 23.3 Å². The molecule has 0 aromatic carbocycles. The molecule has 0 spiro atoms. The van der Waals surface area contributed by atoms with Crippen LogP contribution in [0.15, 0.2) is 41.3 Å². The molecule has 1 atom stereocenters. The van der Waals surface area contributed by atoms with Crippen LogP contribution >= 0.6 is 15.9 Å². The van der Waals surface area contributed by atoms with E-state index in [1.165, 1.54) is 0 Å². The summed E-state index contributed by atoms with van der Waals surface area (Å²) in [6.07, 6.45) is 6.86. The Kier molecular flexibility index (Phi) is 4.54. The Balaban J connectivity index is 1.67. The average molecular weight is 403 g/mol. The third-order valence-electron chi connectivity index (χ3n) is 4.33. The summed E-state index contributed by atoms with van der Waals surface area (Å²) in [5.74, 6) is 1.70. The molecule has 1 aliphatic heterocycles. The fourth-order valence-electron chi connectivity index (χ4n) is 3.07. The predicted octanol–water partition coefficient (Wildman–Crippen LogP) is 2.46. The molecular formula is C17H19BrN6O. The van der Waals surface area contributed by atoms with Gasteiger partial charge in [-0.3, -0.25) is 4.98 Å². The molecule has 2 N–H and O–H groups in total. The van der Waals surface area contributed by atoms with Gasteiger partial charge in [-0.25, -0.2) is 4.98 Å². The van der Waals surface area contributed by atoms with Crippen LogP contribution in [0.1, 0.15) is 18.4 Å². The molecule has 1 saturated heterocycles. The van der Waals surface area contributed by atoms with Crippen LogP contribution in [0.25, 0.3) is 5.65 Å². The van der Waals surface area contributed by atoms with Crippen LogP contribution in [0.4, 0.5) is 11.6 Å². The highest BCUT2D eigenvalue weighted by Gasteiger charge is 2.21. The van der Waals surface area contributed by atoms with Gasteiger partial charge in [0.1, 0.15) is 11.6 Å². The normalized spacial score (nSPS) is 17.8. The van der Waals surface area contributed by atoms with Crippen molar-refractivity contribution in [1.82, 2.24) is 19.6 Å². The predicted molar refractivity (Wildman–Crippen MR) is 99.7 cm³/mol. The number of nitrogens with one attached hydrogen (secondary N) is 1. The lowest BCUT2D eigenvalue weighted by Gasteiger charge is -2.31. The van der Waals surface area contributed by atoms with Gasteiger partial charge >= 0.3 is 0 Å². The van der Waals surface area contributed by atoms with Crippen molar-refractivity contribution >= 4 is 33.2 Å². The van der Waals surface area contributed by atoms with Gasteiger partial charge < -0.3 is 15.3 Å². The Hall–Kier alpha value is -2.19. The van der Waals surface area contributed by atoms with E-state index in [1.807, 2.05) is 24.4 Å². The van der Waals surface area contributed by atoms with Gasteiger partial charge in [0.25, 0.3) is 0 Å². The number of halogens is 1. The van der Waals surface area contributed by atoms with E-state index < -0.39 is 0 Å². The summed E-state index contributed by atoms with van der Waals surface area (Å²) in [6.45, 7) is 2.15. The Morgan fingerprint density at radius 2 is 2.28 bits per heavy atom. The molecule has 0 aliphatic carbocycles. The number of aliphatic hydroxyl groups is 1. The first-order valence-corrected chi connectivity index (χ1v) is 9.10. The maximum Gasteiger partial charge on any atom is 0.173 e. The summed E-state index contributed by atoms with van der Waals surface area (Å²) >= 11 is 3.52. The zero-order chi connectivity index (χ0) is 17.2. The number of piperidine rings is 1. The van der Waals surface area contributed by atoms with Crippen LogP contribution in [0, 0.1) is 0 Å². The standard InChI is InChI=1S/C17H19BrN6O/c18-14-10-21-24-15(20-9-12-3-1-5-19-8-12)7-16(22-17(14)24)23-6-2-4-13(25)11-23/h1,3,5,7-8,10,13,20,25H,2,4,6,9,11H2. The van der Waals surface area contributed by atoms with Crippen LogP contribution in [-0.2, 0) is 6.54 Å².